The van der Waals surface area contributed by atoms with Crippen LogP contribution in [-0.2, 0) is 4.74 Å². The summed E-state index contributed by atoms with van der Waals surface area (Å²) in [5.41, 5.74) is 0. The smallest absolute Gasteiger partial charge is 0.103 e. The van der Waals surface area contributed by atoms with Crippen LogP contribution in [0.2, 0.25) is 0 Å². The van der Waals surface area contributed by atoms with Crippen LogP contribution in [0.3, 0.4) is 0 Å². The summed E-state index contributed by atoms with van der Waals surface area (Å²) in [6.45, 7) is 13.5. The van der Waals surface area contributed by atoms with Gasteiger partial charge in [-0.1, -0.05) is 0 Å². The molecule has 0 saturated carbocycles. The molecule has 0 saturated heterocycles. The maximum absolute atomic E-state index is 5.14. The third-order valence-corrected chi connectivity index (χ3v) is 3.10. The Kier molecular flexibility index (Phi) is 5.51. The number of rotatable bonds is 6. The van der Waals surface area contributed by atoms with Gasteiger partial charge in [0.1, 0.15) is 6.54 Å². The van der Waals surface area contributed by atoms with Gasteiger partial charge in [0.25, 0.3) is 0 Å². The molecule has 0 aromatic carbocycles. The normalized spacial score (nSPS) is 12.5. The lowest BCUT2D eigenvalue weighted by Crippen LogP contribution is -2.54. The Morgan fingerprint density at radius 1 is 1.17 bits per heavy atom. The first-order chi connectivity index (χ1) is 5.63. The van der Waals surface area contributed by atoms with Crippen LogP contribution in [0.25, 0.3) is 0 Å². The fourth-order valence-electron chi connectivity index (χ4n) is 1.80. The molecule has 2 heteroatoms. The van der Waals surface area contributed by atoms with E-state index in [9.17, 15) is 0 Å². The van der Waals surface area contributed by atoms with Gasteiger partial charge in [-0.3, -0.25) is 0 Å². The maximum Gasteiger partial charge on any atom is 0.103 e. The molecule has 0 N–H and O–H groups in total. The predicted octanol–water partition coefficient (Wildman–Crippen LogP) is 1.90. The molecule has 74 valence electrons. The number of hydrogen-bond acceptors (Lipinski definition) is 1. The molecule has 0 aliphatic heterocycles. The monoisotopic (exact) mass is 174 g/mol. The van der Waals surface area contributed by atoms with Crippen LogP contribution in [0, 0.1) is 0 Å². The summed E-state index contributed by atoms with van der Waals surface area (Å²) in [6, 6.07) is 0.704. The number of quaternary nitrogens is 1. The van der Waals surface area contributed by atoms with Crippen molar-refractivity contribution in [3.05, 3.63) is 0 Å². The van der Waals surface area contributed by atoms with Gasteiger partial charge in [-0.25, -0.2) is 0 Å². The zero-order valence-electron chi connectivity index (χ0n) is 9.26. The van der Waals surface area contributed by atoms with Gasteiger partial charge in [0.05, 0.1) is 25.7 Å². The van der Waals surface area contributed by atoms with Crippen molar-refractivity contribution >= 4 is 0 Å². The van der Waals surface area contributed by atoms with Crippen molar-refractivity contribution in [1.82, 2.24) is 0 Å². The average Bonchev–Trinajstić information content (AvgIpc) is 2.07. The van der Waals surface area contributed by atoms with E-state index in [2.05, 4.69) is 27.7 Å². The van der Waals surface area contributed by atoms with Crippen molar-refractivity contribution < 1.29 is 9.22 Å². The minimum absolute atomic E-state index is 0.704. The lowest BCUT2D eigenvalue weighted by atomic mass is 10.2. The van der Waals surface area contributed by atoms with E-state index in [1.165, 1.54) is 17.6 Å². The van der Waals surface area contributed by atoms with E-state index in [1.54, 1.807) is 7.11 Å². The van der Waals surface area contributed by atoms with Gasteiger partial charge in [-0.15, -0.1) is 0 Å². The summed E-state index contributed by atoms with van der Waals surface area (Å²) in [5, 5.41) is 0. The minimum Gasteiger partial charge on any atom is -0.379 e. The molecule has 0 unspecified atom stereocenters. The number of ether oxygens (including phenoxy) is 1. The van der Waals surface area contributed by atoms with Crippen molar-refractivity contribution in [2.45, 2.75) is 33.7 Å². The van der Waals surface area contributed by atoms with Crippen LogP contribution in [-0.4, -0.2) is 43.9 Å². The largest absolute Gasteiger partial charge is 0.379 e. The summed E-state index contributed by atoms with van der Waals surface area (Å²) in [7, 11) is 1.78. The summed E-state index contributed by atoms with van der Waals surface area (Å²) in [4.78, 5) is 0. The molecule has 0 atom stereocenters. The van der Waals surface area contributed by atoms with Crippen LogP contribution < -0.4 is 0 Å². The van der Waals surface area contributed by atoms with Gasteiger partial charge in [-0.05, 0) is 27.7 Å². The number of methoxy groups -OCH3 is 1. The van der Waals surface area contributed by atoms with E-state index in [0.29, 0.717) is 6.04 Å². The fraction of sp³-hybridized carbons (Fsp3) is 1.00. The first-order valence-corrected chi connectivity index (χ1v) is 4.97. The molecule has 0 spiro atoms. The van der Waals surface area contributed by atoms with E-state index in [0.717, 1.165) is 13.2 Å². The Morgan fingerprint density at radius 2 is 1.67 bits per heavy atom. The van der Waals surface area contributed by atoms with Crippen LogP contribution in [0.4, 0.5) is 0 Å². The van der Waals surface area contributed by atoms with Crippen molar-refractivity contribution in [2.24, 2.45) is 0 Å². The Hall–Kier alpha value is -0.0800. The molecule has 0 radical (unpaired) electrons. The summed E-state index contributed by atoms with van der Waals surface area (Å²) in [5.74, 6) is 0. The zero-order chi connectivity index (χ0) is 9.61. The molecule has 0 aliphatic rings. The van der Waals surface area contributed by atoms with E-state index in [-0.39, 0.29) is 0 Å². The highest BCUT2D eigenvalue weighted by Crippen LogP contribution is 2.12. The zero-order valence-corrected chi connectivity index (χ0v) is 9.26. The lowest BCUT2D eigenvalue weighted by molar-refractivity contribution is -0.944. The highest BCUT2D eigenvalue weighted by atomic mass is 16.5. The van der Waals surface area contributed by atoms with Crippen molar-refractivity contribution in [1.29, 1.82) is 0 Å². The van der Waals surface area contributed by atoms with E-state index in [1.807, 2.05) is 0 Å². The number of likely N-dealkylation sites (N-methyl/N-ethyl adjacent to an activating group) is 1. The molecule has 2 nitrogen and oxygen atoms in total. The van der Waals surface area contributed by atoms with Crippen molar-refractivity contribution in [2.75, 3.05) is 33.4 Å². The van der Waals surface area contributed by atoms with Crippen LogP contribution in [0.15, 0.2) is 0 Å². The van der Waals surface area contributed by atoms with Gasteiger partial charge >= 0.3 is 0 Å². The van der Waals surface area contributed by atoms with E-state index in [4.69, 9.17) is 4.74 Å². The maximum atomic E-state index is 5.14. The molecule has 0 fully saturated rings. The molecule has 0 aromatic rings. The molecule has 0 aromatic heterocycles. The Morgan fingerprint density at radius 3 is 1.92 bits per heavy atom. The molecule has 0 aliphatic carbocycles. The van der Waals surface area contributed by atoms with Gasteiger partial charge in [0, 0.05) is 7.11 Å². The Labute approximate surface area is 77.1 Å². The molecule has 0 rings (SSSR count). The molecule has 0 heterocycles. The topological polar surface area (TPSA) is 9.23 Å². The quantitative estimate of drug-likeness (QED) is 0.559. The van der Waals surface area contributed by atoms with Crippen LogP contribution >= 0.6 is 0 Å². The standard InChI is InChI=1S/C10H24NO/c1-6-11(7-2,10(3)4)8-9-12-5/h10H,6-9H2,1-5H3/q+1. The molecule has 0 amide bonds. The van der Waals surface area contributed by atoms with Gasteiger partial charge in [0.2, 0.25) is 0 Å². The van der Waals surface area contributed by atoms with E-state index >= 15 is 0 Å². The number of hydrogen-bond donors (Lipinski definition) is 0. The fourth-order valence-corrected chi connectivity index (χ4v) is 1.80. The van der Waals surface area contributed by atoms with Gasteiger partial charge in [0.15, 0.2) is 0 Å². The third-order valence-electron chi connectivity index (χ3n) is 3.10. The average molecular weight is 174 g/mol. The number of nitrogens with zero attached hydrogens (tertiary/aromatic N) is 1. The molecular weight excluding hydrogens is 150 g/mol. The molecule has 0 bridgehead atoms. The minimum atomic E-state index is 0.704. The van der Waals surface area contributed by atoms with Crippen molar-refractivity contribution in [3.8, 4) is 0 Å². The summed E-state index contributed by atoms with van der Waals surface area (Å²) >= 11 is 0. The van der Waals surface area contributed by atoms with Crippen LogP contribution in [0.1, 0.15) is 27.7 Å². The van der Waals surface area contributed by atoms with Gasteiger partial charge < -0.3 is 9.22 Å². The highest BCUT2D eigenvalue weighted by Gasteiger charge is 2.26. The van der Waals surface area contributed by atoms with Crippen molar-refractivity contribution in [3.63, 3.8) is 0 Å². The third kappa shape index (κ3) is 2.76. The summed E-state index contributed by atoms with van der Waals surface area (Å²) in [6.07, 6.45) is 0. The Bertz CT molecular complexity index is 108. The second-order valence-corrected chi connectivity index (χ2v) is 3.66. The predicted molar refractivity (Wildman–Crippen MR) is 53.2 cm³/mol. The van der Waals surface area contributed by atoms with E-state index < -0.39 is 0 Å². The SMILES string of the molecule is CC[N+](CC)(CCOC)C(C)C. The first kappa shape index (κ1) is 11.9. The second-order valence-electron chi connectivity index (χ2n) is 3.66. The molecule has 12 heavy (non-hydrogen) atoms. The summed E-state index contributed by atoms with van der Waals surface area (Å²) < 4.78 is 6.31. The second kappa shape index (κ2) is 5.55. The molecular formula is C10H24NO+. The van der Waals surface area contributed by atoms with Gasteiger partial charge in [-0.2, -0.15) is 0 Å². The highest BCUT2D eigenvalue weighted by molar-refractivity contribution is 4.46. The lowest BCUT2D eigenvalue weighted by Gasteiger charge is -2.40. The first-order valence-electron chi connectivity index (χ1n) is 4.97. The Balaban J connectivity index is 4.15. The van der Waals surface area contributed by atoms with Crippen LogP contribution in [0.5, 0.6) is 0 Å².